The van der Waals surface area contributed by atoms with Crippen LogP contribution in [0.5, 0.6) is 0 Å². The summed E-state index contributed by atoms with van der Waals surface area (Å²) in [5.74, 6) is 0.733. The first-order valence-corrected chi connectivity index (χ1v) is 8.28. The molecule has 0 fully saturated rings. The van der Waals surface area contributed by atoms with E-state index in [1.54, 1.807) is 6.26 Å². The van der Waals surface area contributed by atoms with Crippen LogP contribution in [-0.4, -0.2) is 10.5 Å². The van der Waals surface area contributed by atoms with Crippen LogP contribution in [0.15, 0.2) is 74.3 Å². The molecular formula is C16H15NO2S. The first-order chi connectivity index (χ1) is 9.65. The number of nitrogens with zero attached hydrogens (tertiary/aromatic N) is 1. The maximum Gasteiger partial charge on any atom is 0.134 e. The van der Waals surface area contributed by atoms with Crippen LogP contribution in [0, 0.1) is 0 Å². The van der Waals surface area contributed by atoms with Crippen LogP contribution in [0.3, 0.4) is 0 Å². The summed E-state index contributed by atoms with van der Waals surface area (Å²) in [5.41, 5.74) is 0.833. The molecule has 0 saturated heterocycles. The van der Waals surface area contributed by atoms with Gasteiger partial charge < -0.3 is 4.42 Å². The molecule has 4 heteroatoms. The van der Waals surface area contributed by atoms with Gasteiger partial charge in [-0.25, -0.2) is 8.57 Å². The standard InChI is InChI=1S/C16H15NO2S/c1-20(18,15-8-3-2-4-9-15)17-12-14-11-13-7-5-6-10-16(13)19-14/h2-11H,12H2,1H3. The lowest BCUT2D eigenvalue weighted by molar-refractivity contribution is 0.553. The highest BCUT2D eigenvalue weighted by Gasteiger charge is 2.07. The van der Waals surface area contributed by atoms with E-state index >= 15 is 0 Å². The topological polar surface area (TPSA) is 42.6 Å². The molecule has 0 spiro atoms. The Hall–Kier alpha value is -2.07. The molecule has 0 amide bonds. The second kappa shape index (κ2) is 5.13. The molecule has 1 heterocycles. The summed E-state index contributed by atoms with van der Waals surface area (Å²) >= 11 is 0. The van der Waals surface area contributed by atoms with Crippen molar-refractivity contribution < 1.29 is 8.63 Å². The zero-order valence-corrected chi connectivity index (χ0v) is 12.0. The first kappa shape index (κ1) is 12.9. The van der Waals surface area contributed by atoms with Gasteiger partial charge in [0.05, 0.1) is 9.73 Å². The van der Waals surface area contributed by atoms with Crippen LogP contribution in [0.25, 0.3) is 11.0 Å². The first-order valence-electron chi connectivity index (χ1n) is 6.36. The largest absolute Gasteiger partial charge is 0.459 e. The van der Waals surface area contributed by atoms with Crippen molar-refractivity contribution in [1.82, 2.24) is 0 Å². The minimum atomic E-state index is -2.38. The SMILES string of the molecule is CS(=O)(=NCc1cc2ccccc2o1)c1ccccc1. The predicted molar refractivity (Wildman–Crippen MR) is 81.1 cm³/mol. The number of benzene rings is 2. The van der Waals surface area contributed by atoms with Gasteiger partial charge in [0.15, 0.2) is 0 Å². The molecule has 0 aliphatic rings. The molecule has 1 atom stereocenters. The molecule has 1 unspecified atom stereocenters. The minimum absolute atomic E-state index is 0.318. The zero-order chi connectivity index (χ0) is 14.0. The summed E-state index contributed by atoms with van der Waals surface area (Å²) in [6, 6.07) is 19.1. The Balaban J connectivity index is 1.91. The zero-order valence-electron chi connectivity index (χ0n) is 11.2. The van der Waals surface area contributed by atoms with Crippen molar-refractivity contribution in [3.8, 4) is 0 Å². The summed E-state index contributed by atoms with van der Waals surface area (Å²) in [6.07, 6.45) is 1.66. The Morgan fingerprint density at radius 3 is 2.50 bits per heavy atom. The van der Waals surface area contributed by atoms with Crippen molar-refractivity contribution in [2.45, 2.75) is 11.4 Å². The number of hydrogen-bond acceptors (Lipinski definition) is 3. The van der Waals surface area contributed by atoms with Crippen molar-refractivity contribution in [2.24, 2.45) is 4.36 Å². The highest BCUT2D eigenvalue weighted by molar-refractivity contribution is 7.93. The van der Waals surface area contributed by atoms with E-state index in [1.807, 2.05) is 60.7 Å². The van der Waals surface area contributed by atoms with Crippen LogP contribution < -0.4 is 0 Å². The van der Waals surface area contributed by atoms with Gasteiger partial charge in [0, 0.05) is 16.5 Å². The molecule has 0 aliphatic carbocycles. The lowest BCUT2D eigenvalue weighted by atomic mass is 10.2. The summed E-state index contributed by atoms with van der Waals surface area (Å²) < 4.78 is 22.6. The third-order valence-corrected chi connectivity index (χ3v) is 4.89. The van der Waals surface area contributed by atoms with Crippen molar-refractivity contribution in [2.75, 3.05) is 6.26 Å². The lowest BCUT2D eigenvalue weighted by Crippen LogP contribution is -1.97. The Morgan fingerprint density at radius 2 is 1.75 bits per heavy atom. The van der Waals surface area contributed by atoms with E-state index in [0.29, 0.717) is 6.54 Å². The third-order valence-electron chi connectivity index (χ3n) is 3.12. The van der Waals surface area contributed by atoms with Gasteiger partial charge in [0.25, 0.3) is 0 Å². The Labute approximate surface area is 118 Å². The van der Waals surface area contributed by atoms with Crippen molar-refractivity contribution >= 4 is 20.7 Å². The molecule has 20 heavy (non-hydrogen) atoms. The van der Waals surface area contributed by atoms with Gasteiger partial charge in [-0.05, 0) is 24.3 Å². The number of hydrogen-bond donors (Lipinski definition) is 0. The van der Waals surface area contributed by atoms with Crippen LogP contribution in [0.1, 0.15) is 5.76 Å². The molecule has 3 nitrogen and oxygen atoms in total. The number of rotatable bonds is 3. The molecule has 102 valence electrons. The van der Waals surface area contributed by atoms with Gasteiger partial charge >= 0.3 is 0 Å². The number of fused-ring (bicyclic) bond motifs is 1. The Bertz CT molecular complexity index is 810. The second-order valence-corrected chi connectivity index (χ2v) is 6.99. The van der Waals surface area contributed by atoms with Gasteiger partial charge in [0.2, 0.25) is 0 Å². The van der Waals surface area contributed by atoms with E-state index in [-0.39, 0.29) is 0 Å². The molecule has 0 aliphatic heterocycles. The van der Waals surface area contributed by atoms with Crippen LogP contribution in [0.4, 0.5) is 0 Å². The van der Waals surface area contributed by atoms with Crippen molar-refractivity contribution in [1.29, 1.82) is 0 Å². The molecule has 0 saturated carbocycles. The fourth-order valence-electron chi connectivity index (χ4n) is 2.05. The van der Waals surface area contributed by atoms with E-state index in [4.69, 9.17) is 4.42 Å². The second-order valence-electron chi connectivity index (χ2n) is 4.65. The van der Waals surface area contributed by atoms with Gasteiger partial charge in [-0.3, -0.25) is 0 Å². The highest BCUT2D eigenvalue weighted by atomic mass is 32.2. The van der Waals surface area contributed by atoms with E-state index < -0.39 is 9.73 Å². The fraction of sp³-hybridized carbons (Fsp3) is 0.125. The normalized spacial score (nSPS) is 14.1. The fourth-order valence-corrected chi connectivity index (χ4v) is 3.23. The summed E-state index contributed by atoms with van der Waals surface area (Å²) in [7, 11) is -2.38. The average molecular weight is 285 g/mol. The van der Waals surface area contributed by atoms with E-state index in [0.717, 1.165) is 21.6 Å². The third kappa shape index (κ3) is 2.60. The summed E-state index contributed by atoms with van der Waals surface area (Å²) in [4.78, 5) is 0.746. The monoisotopic (exact) mass is 285 g/mol. The molecule has 0 N–H and O–H groups in total. The van der Waals surface area contributed by atoms with E-state index in [2.05, 4.69) is 4.36 Å². The lowest BCUT2D eigenvalue weighted by Gasteiger charge is -2.03. The predicted octanol–water partition coefficient (Wildman–Crippen LogP) is 4.09. The van der Waals surface area contributed by atoms with Crippen LogP contribution in [-0.2, 0) is 16.3 Å². The van der Waals surface area contributed by atoms with Crippen molar-refractivity contribution in [3.05, 3.63) is 66.4 Å². The van der Waals surface area contributed by atoms with Gasteiger partial charge in [0.1, 0.15) is 17.9 Å². The molecule has 0 bridgehead atoms. The van der Waals surface area contributed by atoms with Gasteiger partial charge in [-0.1, -0.05) is 36.4 Å². The van der Waals surface area contributed by atoms with E-state index in [9.17, 15) is 4.21 Å². The number of furan rings is 1. The molecule has 0 radical (unpaired) electrons. The Kier molecular flexibility index (Phi) is 3.32. The maximum absolute atomic E-state index is 12.6. The summed E-state index contributed by atoms with van der Waals surface area (Å²) in [6.45, 7) is 0.318. The molecule has 3 rings (SSSR count). The van der Waals surface area contributed by atoms with Gasteiger partial charge in [-0.2, -0.15) is 0 Å². The minimum Gasteiger partial charge on any atom is -0.459 e. The number of para-hydroxylation sites is 1. The molecule has 3 aromatic rings. The molecule has 1 aromatic heterocycles. The molecule has 2 aromatic carbocycles. The van der Waals surface area contributed by atoms with Crippen molar-refractivity contribution in [3.63, 3.8) is 0 Å². The van der Waals surface area contributed by atoms with E-state index in [1.165, 1.54) is 0 Å². The smallest absolute Gasteiger partial charge is 0.134 e. The quantitative estimate of drug-likeness (QED) is 0.727. The summed E-state index contributed by atoms with van der Waals surface area (Å²) in [5, 5.41) is 1.04. The highest BCUT2D eigenvalue weighted by Crippen LogP contribution is 2.20. The molecular weight excluding hydrogens is 270 g/mol. The average Bonchev–Trinajstić information content (AvgIpc) is 2.89. The Morgan fingerprint density at radius 1 is 1.05 bits per heavy atom. The van der Waals surface area contributed by atoms with Crippen LogP contribution >= 0.6 is 0 Å². The van der Waals surface area contributed by atoms with Crippen LogP contribution in [0.2, 0.25) is 0 Å². The van der Waals surface area contributed by atoms with Gasteiger partial charge in [-0.15, -0.1) is 0 Å². The maximum atomic E-state index is 12.6.